The lowest BCUT2D eigenvalue weighted by Crippen LogP contribution is -2.22. The van der Waals surface area contributed by atoms with Crippen molar-refractivity contribution in [3.8, 4) is 17.2 Å². The topological polar surface area (TPSA) is 94.2 Å². The minimum absolute atomic E-state index is 0.170. The molecule has 0 saturated carbocycles. The van der Waals surface area contributed by atoms with E-state index in [9.17, 15) is 13.2 Å². The van der Waals surface area contributed by atoms with Gasteiger partial charge >= 0.3 is 0 Å². The molecule has 1 aliphatic rings. The van der Waals surface area contributed by atoms with E-state index in [0.717, 1.165) is 4.31 Å². The van der Waals surface area contributed by atoms with Gasteiger partial charge in [-0.05, 0) is 42.8 Å². The lowest BCUT2D eigenvalue weighted by molar-refractivity contribution is -0.118. The molecular formula is C19H22N2O6S. The van der Waals surface area contributed by atoms with Crippen LogP contribution in [0.3, 0.4) is 0 Å². The number of fused-ring (bicyclic) bond motifs is 1. The van der Waals surface area contributed by atoms with Crippen LogP contribution >= 0.6 is 0 Å². The summed E-state index contributed by atoms with van der Waals surface area (Å²) in [7, 11) is -0.580. The maximum absolute atomic E-state index is 12.2. The van der Waals surface area contributed by atoms with Gasteiger partial charge in [-0.1, -0.05) is 0 Å². The molecule has 1 N–H and O–H groups in total. The van der Waals surface area contributed by atoms with Gasteiger partial charge in [0.25, 0.3) is 5.91 Å². The number of nitrogens with one attached hydrogen (secondary N) is 1. The van der Waals surface area contributed by atoms with Crippen molar-refractivity contribution < 1.29 is 27.4 Å². The molecule has 2 aromatic rings. The number of aryl methyl sites for hydroxylation is 1. The fraction of sp³-hybridized carbons (Fsp3) is 0.316. The summed E-state index contributed by atoms with van der Waals surface area (Å²) in [5.41, 5.74) is 1.19. The molecule has 0 unspecified atom stereocenters. The average molecular weight is 406 g/mol. The highest BCUT2D eigenvalue weighted by Crippen LogP contribution is 2.32. The van der Waals surface area contributed by atoms with E-state index in [2.05, 4.69) is 5.32 Å². The van der Waals surface area contributed by atoms with Gasteiger partial charge in [0.15, 0.2) is 18.1 Å². The molecule has 1 aliphatic heterocycles. The quantitative estimate of drug-likeness (QED) is 0.789. The molecule has 3 rings (SSSR count). The van der Waals surface area contributed by atoms with Crippen LogP contribution in [-0.4, -0.2) is 52.5 Å². The molecule has 0 spiro atoms. The van der Waals surface area contributed by atoms with Gasteiger partial charge in [-0.15, -0.1) is 0 Å². The molecule has 9 heteroatoms. The maximum atomic E-state index is 12.2. The third-order valence-corrected chi connectivity index (χ3v) is 5.92. The van der Waals surface area contributed by atoms with Gasteiger partial charge in [0.2, 0.25) is 10.0 Å². The zero-order valence-electron chi connectivity index (χ0n) is 15.9. The third kappa shape index (κ3) is 4.37. The first-order valence-electron chi connectivity index (χ1n) is 8.63. The van der Waals surface area contributed by atoms with E-state index in [1.807, 2.05) is 0 Å². The van der Waals surface area contributed by atoms with Crippen LogP contribution in [0.5, 0.6) is 17.2 Å². The second kappa shape index (κ2) is 8.07. The Morgan fingerprint density at radius 2 is 1.82 bits per heavy atom. The molecular weight excluding hydrogens is 384 g/mol. The Bertz CT molecular complexity index is 988. The van der Waals surface area contributed by atoms with Crippen LogP contribution in [0.1, 0.15) is 5.56 Å². The Labute approximate surface area is 164 Å². The second-order valence-electron chi connectivity index (χ2n) is 6.41. The number of carbonyl (C=O) groups excluding carboxylic acids is 1. The fourth-order valence-corrected chi connectivity index (χ4v) is 3.60. The van der Waals surface area contributed by atoms with Crippen molar-refractivity contribution in [2.75, 3.05) is 39.2 Å². The van der Waals surface area contributed by atoms with Crippen LogP contribution in [0, 0.1) is 6.92 Å². The van der Waals surface area contributed by atoms with Crippen molar-refractivity contribution in [1.29, 1.82) is 0 Å². The lowest BCUT2D eigenvalue weighted by Gasteiger charge is -2.19. The van der Waals surface area contributed by atoms with Crippen molar-refractivity contribution in [2.24, 2.45) is 0 Å². The summed E-state index contributed by atoms with van der Waals surface area (Å²) < 4.78 is 41.9. The van der Waals surface area contributed by atoms with Crippen LogP contribution in [0.4, 0.5) is 5.69 Å². The highest BCUT2D eigenvalue weighted by Gasteiger charge is 2.18. The number of benzene rings is 2. The molecule has 28 heavy (non-hydrogen) atoms. The van der Waals surface area contributed by atoms with Crippen molar-refractivity contribution >= 4 is 21.6 Å². The van der Waals surface area contributed by atoms with Gasteiger partial charge in [-0.3, -0.25) is 4.79 Å². The standard InChI is InChI=1S/C19H22N2O6S/c1-13-10-15(28(23,24)21(2)3)5-7-16(13)27-12-19(22)20-14-4-6-17-18(11-14)26-9-8-25-17/h4-7,10-11H,8-9,12H2,1-3H3,(H,20,22). The lowest BCUT2D eigenvalue weighted by atomic mass is 10.2. The van der Waals surface area contributed by atoms with Gasteiger partial charge in [0.05, 0.1) is 4.90 Å². The number of rotatable bonds is 6. The number of nitrogens with zero attached hydrogens (tertiary/aromatic N) is 1. The van der Waals surface area contributed by atoms with Crippen LogP contribution in [0.25, 0.3) is 0 Å². The monoisotopic (exact) mass is 406 g/mol. The van der Waals surface area contributed by atoms with Crippen molar-refractivity contribution in [2.45, 2.75) is 11.8 Å². The van der Waals surface area contributed by atoms with E-state index in [1.165, 1.54) is 26.2 Å². The minimum Gasteiger partial charge on any atom is -0.486 e. The molecule has 0 saturated heterocycles. The first-order chi connectivity index (χ1) is 13.3. The van der Waals surface area contributed by atoms with Crippen LogP contribution in [0.15, 0.2) is 41.3 Å². The van der Waals surface area contributed by atoms with E-state index < -0.39 is 10.0 Å². The molecule has 8 nitrogen and oxygen atoms in total. The van der Waals surface area contributed by atoms with Crippen LogP contribution in [0.2, 0.25) is 0 Å². The van der Waals surface area contributed by atoms with Gasteiger partial charge in [-0.2, -0.15) is 0 Å². The highest BCUT2D eigenvalue weighted by atomic mass is 32.2. The Balaban J connectivity index is 1.62. The SMILES string of the molecule is Cc1cc(S(=O)(=O)N(C)C)ccc1OCC(=O)Nc1ccc2c(c1)OCCO2. The molecule has 0 bridgehead atoms. The number of ether oxygens (including phenoxy) is 3. The summed E-state index contributed by atoms with van der Waals surface area (Å²) >= 11 is 0. The molecule has 150 valence electrons. The Kier molecular flexibility index (Phi) is 5.76. The summed E-state index contributed by atoms with van der Waals surface area (Å²) in [4.78, 5) is 12.3. The van der Waals surface area contributed by atoms with Crippen molar-refractivity contribution in [3.63, 3.8) is 0 Å². The number of carbonyl (C=O) groups is 1. The summed E-state index contributed by atoms with van der Waals surface area (Å²) in [6.45, 7) is 2.48. The first kappa shape index (κ1) is 20.0. The van der Waals surface area contributed by atoms with E-state index in [1.54, 1.807) is 31.2 Å². The maximum Gasteiger partial charge on any atom is 0.262 e. The van der Waals surface area contributed by atoms with Crippen molar-refractivity contribution in [1.82, 2.24) is 4.31 Å². The van der Waals surface area contributed by atoms with Gasteiger partial charge in [0.1, 0.15) is 19.0 Å². The molecule has 1 amide bonds. The third-order valence-electron chi connectivity index (χ3n) is 4.11. The zero-order chi connectivity index (χ0) is 20.3. The van der Waals surface area contributed by atoms with E-state index >= 15 is 0 Å². The van der Waals surface area contributed by atoms with E-state index in [-0.39, 0.29) is 17.4 Å². The van der Waals surface area contributed by atoms with Crippen LogP contribution < -0.4 is 19.5 Å². The fourth-order valence-electron chi connectivity index (χ4n) is 2.62. The van der Waals surface area contributed by atoms with Crippen LogP contribution in [-0.2, 0) is 14.8 Å². The predicted octanol–water partition coefficient (Wildman–Crippen LogP) is 2.03. The minimum atomic E-state index is -3.52. The number of hydrogen-bond acceptors (Lipinski definition) is 6. The summed E-state index contributed by atoms with van der Waals surface area (Å²) in [6.07, 6.45) is 0. The highest BCUT2D eigenvalue weighted by molar-refractivity contribution is 7.89. The molecule has 2 aromatic carbocycles. The Morgan fingerprint density at radius 3 is 2.50 bits per heavy atom. The Morgan fingerprint density at radius 1 is 1.11 bits per heavy atom. The summed E-state index contributed by atoms with van der Waals surface area (Å²) in [5.74, 6) is 1.32. The number of amides is 1. The van der Waals surface area contributed by atoms with Gasteiger partial charge in [0, 0.05) is 25.8 Å². The number of hydrogen-bond donors (Lipinski definition) is 1. The van der Waals surface area contributed by atoms with Gasteiger partial charge in [-0.25, -0.2) is 12.7 Å². The zero-order valence-corrected chi connectivity index (χ0v) is 16.7. The largest absolute Gasteiger partial charge is 0.486 e. The Hall–Kier alpha value is -2.78. The normalized spacial score (nSPS) is 13.3. The molecule has 0 fully saturated rings. The smallest absolute Gasteiger partial charge is 0.262 e. The molecule has 0 atom stereocenters. The van der Waals surface area contributed by atoms with E-state index in [0.29, 0.717) is 41.7 Å². The molecule has 1 heterocycles. The van der Waals surface area contributed by atoms with E-state index in [4.69, 9.17) is 14.2 Å². The summed E-state index contributed by atoms with van der Waals surface area (Å²) in [5, 5.41) is 2.73. The average Bonchev–Trinajstić information content (AvgIpc) is 2.66. The van der Waals surface area contributed by atoms with Gasteiger partial charge < -0.3 is 19.5 Å². The number of anilines is 1. The number of sulfonamides is 1. The molecule has 0 aliphatic carbocycles. The summed E-state index contributed by atoms with van der Waals surface area (Å²) in [6, 6.07) is 9.66. The molecule has 0 radical (unpaired) electrons. The predicted molar refractivity (Wildman–Crippen MR) is 104 cm³/mol. The van der Waals surface area contributed by atoms with Crippen molar-refractivity contribution in [3.05, 3.63) is 42.0 Å². The second-order valence-corrected chi connectivity index (χ2v) is 8.56. The molecule has 0 aromatic heterocycles. The first-order valence-corrected chi connectivity index (χ1v) is 10.1.